The van der Waals surface area contributed by atoms with Crippen molar-refractivity contribution in [3.8, 4) is 43.9 Å². The predicted molar refractivity (Wildman–Crippen MR) is 207 cm³/mol. The molecule has 0 fully saturated rings. The van der Waals surface area contributed by atoms with E-state index in [0.717, 1.165) is 68.5 Å². The first-order valence-electron chi connectivity index (χ1n) is 17.4. The van der Waals surface area contributed by atoms with Crippen LogP contribution in [0.25, 0.3) is 87.8 Å². The fourth-order valence-corrected chi connectivity index (χ4v) is 8.08. The van der Waals surface area contributed by atoms with E-state index in [1.54, 1.807) is 18.2 Å². The second-order valence-corrected chi connectivity index (χ2v) is 14.1. The topological polar surface area (TPSA) is 103 Å². The number of rotatable bonds is 9. The van der Waals surface area contributed by atoms with E-state index in [2.05, 4.69) is 24.8 Å². The van der Waals surface area contributed by atoms with Gasteiger partial charge in [-0.1, -0.05) is 44.2 Å². The minimum atomic E-state index is -0.467. The van der Waals surface area contributed by atoms with Crippen molar-refractivity contribution in [2.75, 3.05) is 18.0 Å². The number of furan rings is 3. The Morgan fingerprint density at radius 3 is 2.12 bits per heavy atom. The van der Waals surface area contributed by atoms with Crippen molar-refractivity contribution >= 4 is 60.9 Å². The summed E-state index contributed by atoms with van der Waals surface area (Å²) in [4.78, 5) is 30.3. The molecule has 3 aromatic carbocycles. The van der Waals surface area contributed by atoms with Gasteiger partial charge in [0, 0.05) is 52.6 Å². The molecule has 8 nitrogen and oxygen atoms in total. The standard InChI is InChI=1S/C43H33NO7S/c1-4-18-44(19-5-2)27-12-10-26-20-29(42(45)51-33(26)21-27)38-16-17-39(52-38)37-23-36-35(49-37)22-34(48-36)30-14-15-32(47-30)41-24(3)40-28-9-7-6-8-25(28)11-13-31(40)50-43(41)46/h6-17,20-23H,4-5,18-19H2,1-3H3. The van der Waals surface area contributed by atoms with Gasteiger partial charge in [-0.25, -0.2) is 9.59 Å². The fourth-order valence-electron chi connectivity index (χ4n) is 7.11. The van der Waals surface area contributed by atoms with Gasteiger partial charge < -0.3 is 27.0 Å². The number of aryl methyl sites for hydroxylation is 1. The highest BCUT2D eigenvalue weighted by molar-refractivity contribution is 7.18. The first kappa shape index (κ1) is 31.9. The first-order chi connectivity index (χ1) is 25.4. The van der Waals surface area contributed by atoms with Crippen LogP contribution >= 0.6 is 11.3 Å². The Kier molecular flexibility index (Phi) is 7.73. The minimum Gasteiger partial charge on any atom is -0.453 e. The molecule has 0 radical (unpaired) electrons. The van der Waals surface area contributed by atoms with Gasteiger partial charge in [-0.2, -0.15) is 0 Å². The van der Waals surface area contributed by atoms with E-state index in [0.29, 0.717) is 56.5 Å². The summed E-state index contributed by atoms with van der Waals surface area (Å²) in [6, 6.07) is 30.7. The Morgan fingerprint density at radius 2 is 1.29 bits per heavy atom. The van der Waals surface area contributed by atoms with Crippen LogP contribution in [0.15, 0.2) is 129 Å². The first-order valence-corrected chi connectivity index (χ1v) is 18.2. The quantitative estimate of drug-likeness (QED) is 0.108. The molecule has 0 unspecified atom stereocenters. The predicted octanol–water partition coefficient (Wildman–Crippen LogP) is 11.6. The molecular weight excluding hydrogens is 675 g/mol. The Labute approximate surface area is 301 Å². The molecule has 9 heteroatoms. The molecule has 9 aromatic rings. The third-order valence-electron chi connectivity index (χ3n) is 9.54. The molecule has 0 amide bonds. The van der Waals surface area contributed by atoms with Crippen molar-refractivity contribution in [1.82, 2.24) is 0 Å². The highest BCUT2D eigenvalue weighted by atomic mass is 32.1. The summed E-state index contributed by atoms with van der Waals surface area (Å²) >= 11 is 1.45. The van der Waals surface area contributed by atoms with Gasteiger partial charge >= 0.3 is 11.3 Å². The molecule has 0 N–H and O–H groups in total. The lowest BCUT2D eigenvalue weighted by molar-refractivity contribution is 0.537. The summed E-state index contributed by atoms with van der Waals surface area (Å²) in [5, 5.41) is 3.81. The SMILES string of the molecule is CCCN(CCC)c1ccc2cc(-c3ccc(-c4cc5oc(-c6ccc(-c7c(C)c8c(ccc9ccccc98)oc7=O)o6)cc5o4)s3)c(=O)oc2c1. The van der Waals surface area contributed by atoms with Crippen molar-refractivity contribution in [1.29, 1.82) is 0 Å². The second-order valence-electron chi connectivity index (χ2n) is 13.0. The minimum absolute atomic E-state index is 0.372. The van der Waals surface area contributed by atoms with Gasteiger partial charge in [-0.3, -0.25) is 0 Å². The van der Waals surface area contributed by atoms with E-state index in [1.807, 2.05) is 79.7 Å². The van der Waals surface area contributed by atoms with E-state index >= 15 is 0 Å². The van der Waals surface area contributed by atoms with Crippen molar-refractivity contribution in [2.24, 2.45) is 0 Å². The van der Waals surface area contributed by atoms with Gasteiger partial charge in [0.2, 0.25) is 0 Å². The van der Waals surface area contributed by atoms with Gasteiger partial charge in [0.05, 0.1) is 10.4 Å². The number of anilines is 1. The molecule has 6 heterocycles. The maximum Gasteiger partial charge on any atom is 0.347 e. The van der Waals surface area contributed by atoms with Crippen LogP contribution in [0.5, 0.6) is 0 Å². The third-order valence-corrected chi connectivity index (χ3v) is 10.7. The summed E-state index contributed by atoms with van der Waals surface area (Å²) in [6.07, 6.45) is 2.08. The largest absolute Gasteiger partial charge is 0.453 e. The fraction of sp³-hybridized carbons (Fsp3) is 0.163. The number of hydrogen-bond donors (Lipinski definition) is 0. The molecule has 0 bridgehead atoms. The van der Waals surface area contributed by atoms with Crippen LogP contribution in [0.2, 0.25) is 0 Å². The number of hydrogen-bond acceptors (Lipinski definition) is 9. The number of thiophene rings is 1. The highest BCUT2D eigenvalue weighted by Gasteiger charge is 2.22. The Balaban J connectivity index is 0.991. The molecule has 0 aliphatic rings. The molecule has 0 atom stereocenters. The molecule has 0 saturated carbocycles. The van der Waals surface area contributed by atoms with Crippen molar-refractivity contribution in [2.45, 2.75) is 33.6 Å². The molecule has 258 valence electrons. The highest BCUT2D eigenvalue weighted by Crippen LogP contribution is 2.40. The molecule has 52 heavy (non-hydrogen) atoms. The lowest BCUT2D eigenvalue weighted by Crippen LogP contribution is -2.24. The van der Waals surface area contributed by atoms with Gasteiger partial charge in [0.25, 0.3) is 0 Å². The average molecular weight is 708 g/mol. The monoisotopic (exact) mass is 707 g/mol. The average Bonchev–Trinajstić information content (AvgIpc) is 3.95. The van der Waals surface area contributed by atoms with Gasteiger partial charge in [0.15, 0.2) is 22.7 Å². The Hall–Kier alpha value is -6.06. The zero-order valence-electron chi connectivity index (χ0n) is 28.8. The van der Waals surface area contributed by atoms with Crippen molar-refractivity contribution in [3.63, 3.8) is 0 Å². The summed E-state index contributed by atoms with van der Waals surface area (Å²) in [6.45, 7) is 8.14. The van der Waals surface area contributed by atoms with E-state index in [4.69, 9.17) is 22.1 Å². The smallest absolute Gasteiger partial charge is 0.347 e. The van der Waals surface area contributed by atoms with E-state index < -0.39 is 5.63 Å². The van der Waals surface area contributed by atoms with Crippen molar-refractivity contribution in [3.05, 3.63) is 123 Å². The molecule has 0 aliphatic carbocycles. The molecule has 0 saturated heterocycles. The van der Waals surface area contributed by atoms with Gasteiger partial charge in [-0.05, 0) is 84.6 Å². The summed E-state index contributed by atoms with van der Waals surface area (Å²) < 4.78 is 30.1. The van der Waals surface area contributed by atoms with E-state index in [1.165, 1.54) is 11.3 Å². The zero-order valence-corrected chi connectivity index (χ0v) is 29.6. The maximum absolute atomic E-state index is 13.2. The molecule has 9 rings (SSSR count). The second kappa shape index (κ2) is 12.6. The summed E-state index contributed by atoms with van der Waals surface area (Å²) in [5.41, 5.74) is 4.09. The van der Waals surface area contributed by atoms with E-state index in [9.17, 15) is 9.59 Å². The summed E-state index contributed by atoms with van der Waals surface area (Å²) in [7, 11) is 0. The Bertz CT molecular complexity index is 2880. The molecular formula is C43H33NO7S. The van der Waals surface area contributed by atoms with Crippen LogP contribution < -0.4 is 16.2 Å². The Morgan fingerprint density at radius 1 is 0.577 bits per heavy atom. The van der Waals surface area contributed by atoms with Crippen LogP contribution in [-0.4, -0.2) is 13.1 Å². The number of fused-ring (bicyclic) bond motifs is 5. The number of nitrogens with zero attached hydrogens (tertiary/aromatic N) is 1. The molecule has 6 aromatic heterocycles. The normalized spacial score (nSPS) is 11.8. The van der Waals surface area contributed by atoms with Crippen molar-refractivity contribution < 1.29 is 22.1 Å². The van der Waals surface area contributed by atoms with Gasteiger partial charge in [0.1, 0.15) is 28.2 Å². The molecule has 0 aliphatic heterocycles. The third kappa shape index (κ3) is 5.36. The van der Waals surface area contributed by atoms with E-state index in [-0.39, 0.29) is 5.63 Å². The van der Waals surface area contributed by atoms with Crippen LogP contribution in [0, 0.1) is 6.92 Å². The lowest BCUT2D eigenvalue weighted by atomic mass is 9.99. The number of benzene rings is 3. The van der Waals surface area contributed by atoms with Gasteiger partial charge in [-0.15, -0.1) is 11.3 Å². The summed E-state index contributed by atoms with van der Waals surface area (Å²) in [5.74, 6) is 1.94. The van der Waals surface area contributed by atoms with Crippen LogP contribution in [0.3, 0.4) is 0 Å². The van der Waals surface area contributed by atoms with Crippen LogP contribution in [-0.2, 0) is 0 Å². The van der Waals surface area contributed by atoms with Crippen LogP contribution in [0.1, 0.15) is 32.3 Å². The maximum atomic E-state index is 13.2. The lowest BCUT2D eigenvalue weighted by Gasteiger charge is -2.23. The van der Waals surface area contributed by atoms with Crippen LogP contribution in [0.4, 0.5) is 5.69 Å². The molecule has 0 spiro atoms. The zero-order chi connectivity index (χ0) is 35.5.